The smallest absolute Gasteiger partial charge is 0.233 e. The number of carbonyl (C=O) groups is 1. The van der Waals surface area contributed by atoms with E-state index in [2.05, 4.69) is 25.6 Å². The number of nitrogens with one attached hydrogen (secondary N) is 3. The molecule has 0 spiro atoms. The van der Waals surface area contributed by atoms with Gasteiger partial charge in [-0.2, -0.15) is 0 Å². The summed E-state index contributed by atoms with van der Waals surface area (Å²) < 4.78 is 5.31. The highest BCUT2D eigenvalue weighted by molar-refractivity contribution is 6.29. The van der Waals surface area contributed by atoms with Gasteiger partial charge in [0.05, 0.1) is 19.9 Å². The van der Waals surface area contributed by atoms with Crippen molar-refractivity contribution in [2.24, 2.45) is 5.73 Å². The molecule has 1 amide bonds. The van der Waals surface area contributed by atoms with E-state index in [-0.39, 0.29) is 24.5 Å². The number of pyridine rings is 2. The number of aromatic amines is 1. The SMILES string of the molecule is COc1cnc2[nH]cc(-c3cc(Cl)nc(NC4CCC(NC(=O)CN)CC4)c3)c2c1. The third kappa shape index (κ3) is 4.49. The summed E-state index contributed by atoms with van der Waals surface area (Å²) in [7, 11) is 1.62. The molecule has 0 radical (unpaired) electrons. The molecule has 3 aromatic rings. The van der Waals surface area contributed by atoms with Crippen molar-refractivity contribution in [2.45, 2.75) is 37.8 Å². The van der Waals surface area contributed by atoms with Crippen LogP contribution in [0.15, 0.2) is 30.6 Å². The Morgan fingerprint density at radius 2 is 2.03 bits per heavy atom. The number of carbonyl (C=O) groups excluding carboxylic acids is 1. The van der Waals surface area contributed by atoms with Gasteiger partial charge in [0.2, 0.25) is 5.91 Å². The van der Waals surface area contributed by atoms with Gasteiger partial charge in [-0.15, -0.1) is 0 Å². The minimum atomic E-state index is -0.0996. The van der Waals surface area contributed by atoms with Gasteiger partial charge in [-0.3, -0.25) is 4.79 Å². The molecular weight excluding hydrogens is 404 g/mol. The Labute approximate surface area is 179 Å². The van der Waals surface area contributed by atoms with Gasteiger partial charge < -0.3 is 26.1 Å². The Morgan fingerprint density at radius 3 is 2.77 bits per heavy atom. The van der Waals surface area contributed by atoms with E-state index >= 15 is 0 Å². The number of amides is 1. The van der Waals surface area contributed by atoms with Crippen molar-refractivity contribution < 1.29 is 9.53 Å². The van der Waals surface area contributed by atoms with E-state index in [0.29, 0.717) is 10.9 Å². The predicted molar refractivity (Wildman–Crippen MR) is 118 cm³/mol. The molecule has 9 heteroatoms. The highest BCUT2D eigenvalue weighted by atomic mass is 35.5. The summed E-state index contributed by atoms with van der Waals surface area (Å²) in [4.78, 5) is 23.5. The van der Waals surface area contributed by atoms with Crippen molar-refractivity contribution in [3.8, 4) is 16.9 Å². The second kappa shape index (κ2) is 8.89. The number of fused-ring (bicyclic) bond motifs is 1. The second-order valence-corrected chi connectivity index (χ2v) is 7.89. The summed E-state index contributed by atoms with van der Waals surface area (Å²) in [6.45, 7) is 0.0304. The van der Waals surface area contributed by atoms with Gasteiger partial charge in [-0.05, 0) is 49.4 Å². The van der Waals surface area contributed by atoms with E-state index < -0.39 is 0 Å². The number of halogens is 1. The van der Waals surface area contributed by atoms with Gasteiger partial charge in [0.15, 0.2) is 0 Å². The monoisotopic (exact) mass is 428 g/mol. The first-order valence-electron chi connectivity index (χ1n) is 10.0. The lowest BCUT2D eigenvalue weighted by Crippen LogP contribution is -2.42. The molecule has 0 aliphatic heterocycles. The van der Waals surface area contributed by atoms with Crippen LogP contribution in [0, 0.1) is 0 Å². The van der Waals surface area contributed by atoms with Crippen molar-refractivity contribution in [1.29, 1.82) is 0 Å². The summed E-state index contributed by atoms with van der Waals surface area (Å²) in [6.07, 6.45) is 7.29. The first-order chi connectivity index (χ1) is 14.6. The Balaban J connectivity index is 1.50. The molecule has 3 aromatic heterocycles. The largest absolute Gasteiger partial charge is 0.495 e. The molecule has 0 unspecified atom stereocenters. The summed E-state index contributed by atoms with van der Waals surface area (Å²) >= 11 is 6.33. The Kier molecular flexibility index (Phi) is 6.06. The van der Waals surface area contributed by atoms with Crippen LogP contribution in [-0.4, -0.2) is 46.6 Å². The maximum Gasteiger partial charge on any atom is 0.233 e. The van der Waals surface area contributed by atoms with E-state index in [1.807, 2.05) is 24.4 Å². The van der Waals surface area contributed by atoms with E-state index in [9.17, 15) is 4.79 Å². The Morgan fingerprint density at radius 1 is 1.27 bits per heavy atom. The van der Waals surface area contributed by atoms with E-state index in [0.717, 1.165) is 53.7 Å². The van der Waals surface area contributed by atoms with Crippen LogP contribution in [0.5, 0.6) is 5.75 Å². The molecule has 158 valence electrons. The third-order valence-corrected chi connectivity index (χ3v) is 5.67. The molecule has 1 aliphatic carbocycles. The van der Waals surface area contributed by atoms with Gasteiger partial charge in [0, 0.05) is 29.2 Å². The molecule has 1 aliphatic rings. The number of hydrogen-bond acceptors (Lipinski definition) is 6. The molecule has 0 bridgehead atoms. The molecule has 5 N–H and O–H groups in total. The van der Waals surface area contributed by atoms with Crippen molar-refractivity contribution in [1.82, 2.24) is 20.3 Å². The number of ether oxygens (including phenoxy) is 1. The maximum atomic E-state index is 11.5. The first kappa shape index (κ1) is 20.4. The van der Waals surface area contributed by atoms with Crippen LogP contribution >= 0.6 is 11.6 Å². The van der Waals surface area contributed by atoms with Crippen LogP contribution in [0.25, 0.3) is 22.2 Å². The normalized spacial score (nSPS) is 18.9. The zero-order valence-corrected chi connectivity index (χ0v) is 17.5. The number of nitrogens with two attached hydrogens (primary N) is 1. The fourth-order valence-electron chi connectivity index (χ4n) is 3.94. The zero-order chi connectivity index (χ0) is 21.1. The maximum absolute atomic E-state index is 11.5. The van der Waals surface area contributed by atoms with Crippen LogP contribution in [-0.2, 0) is 4.79 Å². The highest BCUT2D eigenvalue weighted by Crippen LogP contribution is 2.33. The molecular formula is C21H25ClN6O2. The standard InChI is InChI=1S/C21H25ClN6O2/c1-30-15-8-16-17(11-25-21(16)24-10-15)12-6-18(22)28-19(7-12)26-13-2-4-14(5-3-13)27-20(29)9-23/h6-8,10-11,13-14H,2-5,9,23H2,1H3,(H,24,25)(H,26,28)(H,27,29). The summed E-state index contributed by atoms with van der Waals surface area (Å²) in [6, 6.07) is 6.26. The van der Waals surface area contributed by atoms with Crippen LogP contribution in [0.2, 0.25) is 5.15 Å². The zero-order valence-electron chi connectivity index (χ0n) is 16.7. The topological polar surface area (TPSA) is 118 Å². The molecule has 0 saturated heterocycles. The fraction of sp³-hybridized carbons (Fsp3) is 0.381. The number of aromatic nitrogens is 3. The van der Waals surface area contributed by atoms with Crippen LogP contribution in [0.3, 0.4) is 0 Å². The second-order valence-electron chi connectivity index (χ2n) is 7.50. The molecule has 1 fully saturated rings. The van der Waals surface area contributed by atoms with Gasteiger partial charge >= 0.3 is 0 Å². The minimum absolute atomic E-state index is 0.0304. The Bertz CT molecular complexity index is 1050. The number of methoxy groups -OCH3 is 1. The average Bonchev–Trinajstić information content (AvgIpc) is 3.17. The lowest BCUT2D eigenvalue weighted by Gasteiger charge is -2.30. The molecule has 4 rings (SSSR count). The predicted octanol–water partition coefficient (Wildman–Crippen LogP) is 3.08. The number of nitrogens with zero attached hydrogens (tertiary/aromatic N) is 2. The van der Waals surface area contributed by atoms with Crippen LogP contribution < -0.4 is 21.1 Å². The molecule has 1 saturated carbocycles. The van der Waals surface area contributed by atoms with Crippen molar-refractivity contribution in [3.63, 3.8) is 0 Å². The third-order valence-electron chi connectivity index (χ3n) is 5.48. The molecule has 3 heterocycles. The quantitative estimate of drug-likeness (QED) is 0.448. The lowest BCUT2D eigenvalue weighted by molar-refractivity contribution is -0.120. The number of anilines is 1. The van der Waals surface area contributed by atoms with Crippen LogP contribution in [0.1, 0.15) is 25.7 Å². The van der Waals surface area contributed by atoms with E-state index in [1.54, 1.807) is 13.3 Å². The van der Waals surface area contributed by atoms with E-state index in [4.69, 9.17) is 22.1 Å². The van der Waals surface area contributed by atoms with Gasteiger partial charge in [0.25, 0.3) is 0 Å². The van der Waals surface area contributed by atoms with Crippen molar-refractivity contribution in [3.05, 3.63) is 35.7 Å². The van der Waals surface area contributed by atoms with Crippen LogP contribution in [0.4, 0.5) is 5.82 Å². The number of rotatable bonds is 6. The summed E-state index contributed by atoms with van der Waals surface area (Å²) in [5, 5.41) is 7.84. The summed E-state index contributed by atoms with van der Waals surface area (Å²) in [5.74, 6) is 1.33. The number of hydrogen-bond donors (Lipinski definition) is 4. The van der Waals surface area contributed by atoms with Gasteiger partial charge in [-0.1, -0.05) is 11.6 Å². The van der Waals surface area contributed by atoms with Gasteiger partial charge in [-0.25, -0.2) is 9.97 Å². The fourth-order valence-corrected chi connectivity index (χ4v) is 4.15. The van der Waals surface area contributed by atoms with Gasteiger partial charge in [0.1, 0.15) is 22.4 Å². The lowest BCUT2D eigenvalue weighted by atomic mass is 9.91. The van der Waals surface area contributed by atoms with Crippen molar-refractivity contribution >= 4 is 34.4 Å². The molecule has 0 aromatic carbocycles. The highest BCUT2D eigenvalue weighted by Gasteiger charge is 2.22. The molecule has 8 nitrogen and oxygen atoms in total. The minimum Gasteiger partial charge on any atom is -0.495 e. The molecule has 30 heavy (non-hydrogen) atoms. The molecule has 0 atom stereocenters. The Hall–Kier alpha value is -2.84. The average molecular weight is 429 g/mol. The summed E-state index contributed by atoms with van der Waals surface area (Å²) in [5.41, 5.74) is 8.09. The number of H-pyrrole nitrogens is 1. The first-order valence-corrected chi connectivity index (χ1v) is 10.4. The van der Waals surface area contributed by atoms with Crippen molar-refractivity contribution in [2.75, 3.05) is 19.0 Å². The van der Waals surface area contributed by atoms with E-state index in [1.165, 1.54) is 0 Å².